The van der Waals surface area contributed by atoms with Crippen molar-refractivity contribution in [3.05, 3.63) is 24.0 Å². The molecule has 82 valence electrons. The van der Waals surface area contributed by atoms with Crippen molar-refractivity contribution < 1.29 is 4.79 Å². The van der Waals surface area contributed by atoms with Gasteiger partial charge >= 0.3 is 0 Å². The second kappa shape index (κ2) is 4.57. The minimum absolute atomic E-state index is 0.101. The third-order valence-electron chi connectivity index (χ3n) is 2.37. The molecule has 0 aliphatic carbocycles. The van der Waals surface area contributed by atoms with E-state index in [4.69, 9.17) is 11.6 Å². The van der Waals surface area contributed by atoms with Gasteiger partial charge in [-0.2, -0.15) is 10.2 Å². The van der Waals surface area contributed by atoms with Crippen LogP contribution in [0.1, 0.15) is 24.2 Å². The second-order valence-corrected chi connectivity index (χ2v) is 4.21. The molecule has 0 aromatic carbocycles. The van der Waals surface area contributed by atoms with Crippen LogP contribution < -0.4 is 0 Å². The lowest BCUT2D eigenvalue weighted by molar-refractivity contribution is 0.0659. The van der Waals surface area contributed by atoms with Crippen LogP contribution in [0.2, 0.25) is 0 Å². The number of carbonyl (C=O) groups excluding carboxylic acids is 1. The molecule has 0 aliphatic heterocycles. The van der Waals surface area contributed by atoms with E-state index in [0.717, 1.165) is 0 Å². The van der Waals surface area contributed by atoms with Crippen LogP contribution in [0, 0.1) is 0 Å². The van der Waals surface area contributed by atoms with Crippen molar-refractivity contribution in [3.8, 4) is 0 Å². The summed E-state index contributed by atoms with van der Waals surface area (Å²) in [6.07, 6.45) is 2.94. The Labute approximate surface area is 94.3 Å². The SMILES string of the molecule is CN(C(=O)c1ccnnc1)C(C)(C)CCl. The predicted octanol–water partition coefficient (Wildman–Crippen LogP) is 1.57. The van der Waals surface area contributed by atoms with Crippen molar-refractivity contribution in [2.75, 3.05) is 12.9 Å². The van der Waals surface area contributed by atoms with Crippen molar-refractivity contribution in [2.45, 2.75) is 19.4 Å². The van der Waals surface area contributed by atoms with E-state index in [2.05, 4.69) is 10.2 Å². The number of hydrogen-bond acceptors (Lipinski definition) is 3. The number of carbonyl (C=O) groups is 1. The maximum atomic E-state index is 11.9. The molecule has 0 spiro atoms. The predicted molar refractivity (Wildman–Crippen MR) is 58.9 cm³/mol. The fraction of sp³-hybridized carbons (Fsp3) is 0.500. The molecule has 0 N–H and O–H groups in total. The lowest BCUT2D eigenvalue weighted by Crippen LogP contribution is -2.46. The molecule has 5 heteroatoms. The van der Waals surface area contributed by atoms with Crippen molar-refractivity contribution in [3.63, 3.8) is 0 Å². The summed E-state index contributed by atoms with van der Waals surface area (Å²) in [6.45, 7) is 3.82. The lowest BCUT2D eigenvalue weighted by atomic mass is 10.1. The number of nitrogens with zero attached hydrogens (tertiary/aromatic N) is 3. The average Bonchev–Trinajstić information content (AvgIpc) is 2.28. The molecule has 0 saturated heterocycles. The minimum atomic E-state index is -0.373. The highest BCUT2D eigenvalue weighted by Crippen LogP contribution is 2.16. The van der Waals surface area contributed by atoms with Gasteiger partial charge in [0.25, 0.3) is 5.91 Å². The van der Waals surface area contributed by atoms with Crippen LogP contribution in [0.15, 0.2) is 18.5 Å². The monoisotopic (exact) mass is 227 g/mol. The summed E-state index contributed by atoms with van der Waals surface area (Å²) in [5, 5.41) is 7.29. The first-order valence-corrected chi connectivity index (χ1v) is 5.13. The highest BCUT2D eigenvalue weighted by molar-refractivity contribution is 6.18. The summed E-state index contributed by atoms with van der Waals surface area (Å²) in [5.74, 6) is 0.281. The summed E-state index contributed by atoms with van der Waals surface area (Å²) in [7, 11) is 1.73. The number of hydrogen-bond donors (Lipinski definition) is 0. The molecular weight excluding hydrogens is 214 g/mol. The van der Waals surface area contributed by atoms with Crippen LogP contribution in [0.5, 0.6) is 0 Å². The smallest absolute Gasteiger partial charge is 0.255 e. The molecule has 1 rings (SSSR count). The van der Waals surface area contributed by atoms with E-state index in [-0.39, 0.29) is 11.4 Å². The topological polar surface area (TPSA) is 46.1 Å². The Bertz CT molecular complexity index is 340. The molecule has 0 fully saturated rings. The van der Waals surface area contributed by atoms with E-state index >= 15 is 0 Å². The molecule has 0 bridgehead atoms. The van der Waals surface area contributed by atoms with Crippen LogP contribution in [0.25, 0.3) is 0 Å². The number of rotatable bonds is 3. The van der Waals surface area contributed by atoms with Crippen molar-refractivity contribution in [2.24, 2.45) is 0 Å². The summed E-state index contributed by atoms with van der Waals surface area (Å²) < 4.78 is 0. The van der Waals surface area contributed by atoms with Gasteiger partial charge in [0.2, 0.25) is 0 Å². The summed E-state index contributed by atoms with van der Waals surface area (Å²) >= 11 is 5.80. The fourth-order valence-electron chi connectivity index (χ4n) is 0.975. The van der Waals surface area contributed by atoms with Crippen LogP contribution >= 0.6 is 11.6 Å². The van der Waals surface area contributed by atoms with Gasteiger partial charge in [0, 0.05) is 12.9 Å². The second-order valence-electron chi connectivity index (χ2n) is 3.94. The standard InChI is InChI=1S/C10H14ClN3O/c1-10(2,7-11)14(3)9(15)8-4-5-12-13-6-8/h4-6H,7H2,1-3H3. The van der Waals surface area contributed by atoms with Crippen molar-refractivity contribution in [1.29, 1.82) is 0 Å². The van der Waals surface area contributed by atoms with Crippen LogP contribution in [0.4, 0.5) is 0 Å². The first kappa shape index (κ1) is 11.9. The fourth-order valence-corrected chi connectivity index (χ4v) is 1.15. The van der Waals surface area contributed by atoms with E-state index in [9.17, 15) is 4.79 Å². The summed E-state index contributed by atoms with van der Waals surface area (Å²) in [6, 6.07) is 1.64. The maximum Gasteiger partial charge on any atom is 0.255 e. The molecule has 4 nitrogen and oxygen atoms in total. The highest BCUT2D eigenvalue weighted by atomic mass is 35.5. The van der Waals surface area contributed by atoms with Gasteiger partial charge in [-0.3, -0.25) is 4.79 Å². The Hall–Kier alpha value is -1.16. The largest absolute Gasteiger partial charge is 0.335 e. The molecule has 1 aromatic rings. The van der Waals surface area contributed by atoms with Gasteiger partial charge in [-0.25, -0.2) is 0 Å². The highest BCUT2D eigenvalue weighted by Gasteiger charge is 2.27. The van der Waals surface area contributed by atoms with E-state index in [1.807, 2.05) is 13.8 Å². The zero-order valence-electron chi connectivity index (χ0n) is 9.07. The number of alkyl halides is 1. The van der Waals surface area contributed by atoms with Crippen LogP contribution in [0.3, 0.4) is 0 Å². The van der Waals surface area contributed by atoms with Gasteiger partial charge in [0.05, 0.1) is 23.5 Å². The summed E-state index contributed by atoms with van der Waals surface area (Å²) in [5.41, 5.74) is 0.146. The van der Waals surface area contributed by atoms with Gasteiger partial charge in [-0.15, -0.1) is 11.6 Å². The van der Waals surface area contributed by atoms with Gasteiger partial charge in [-0.1, -0.05) is 0 Å². The van der Waals surface area contributed by atoms with E-state index in [0.29, 0.717) is 11.4 Å². The quantitative estimate of drug-likeness (QED) is 0.737. The summed E-state index contributed by atoms with van der Waals surface area (Å²) in [4.78, 5) is 13.6. The Kier molecular flexibility index (Phi) is 3.63. The molecule has 0 atom stereocenters. The maximum absolute atomic E-state index is 11.9. The Balaban J connectivity index is 2.87. The van der Waals surface area contributed by atoms with Gasteiger partial charge < -0.3 is 4.90 Å². The lowest BCUT2D eigenvalue weighted by Gasteiger charge is -2.33. The first-order valence-electron chi connectivity index (χ1n) is 4.60. The molecule has 15 heavy (non-hydrogen) atoms. The normalized spacial score (nSPS) is 11.2. The average molecular weight is 228 g/mol. The molecule has 0 unspecified atom stereocenters. The van der Waals surface area contributed by atoms with Gasteiger partial charge in [0.15, 0.2) is 0 Å². The minimum Gasteiger partial charge on any atom is -0.335 e. The van der Waals surface area contributed by atoms with Gasteiger partial charge in [-0.05, 0) is 19.9 Å². The Morgan fingerprint density at radius 3 is 2.67 bits per heavy atom. The molecule has 0 aliphatic rings. The van der Waals surface area contributed by atoms with Crippen molar-refractivity contribution in [1.82, 2.24) is 15.1 Å². The number of aromatic nitrogens is 2. The van der Waals surface area contributed by atoms with E-state index < -0.39 is 0 Å². The molecule has 0 radical (unpaired) electrons. The van der Waals surface area contributed by atoms with E-state index in [1.165, 1.54) is 12.4 Å². The third-order valence-corrected chi connectivity index (χ3v) is 3.02. The molecule has 1 aromatic heterocycles. The van der Waals surface area contributed by atoms with Gasteiger partial charge in [0.1, 0.15) is 0 Å². The zero-order chi connectivity index (χ0) is 11.5. The first-order chi connectivity index (χ1) is 6.99. The molecule has 1 amide bonds. The number of amides is 1. The molecular formula is C10H14ClN3O. The number of halogens is 1. The molecule has 0 saturated carbocycles. The van der Waals surface area contributed by atoms with E-state index in [1.54, 1.807) is 18.0 Å². The zero-order valence-corrected chi connectivity index (χ0v) is 9.82. The van der Waals surface area contributed by atoms with Crippen LogP contribution in [-0.2, 0) is 0 Å². The van der Waals surface area contributed by atoms with Crippen LogP contribution in [-0.4, -0.2) is 39.5 Å². The molecule has 1 heterocycles. The van der Waals surface area contributed by atoms with Crippen molar-refractivity contribution >= 4 is 17.5 Å². The Morgan fingerprint density at radius 1 is 1.53 bits per heavy atom. The Morgan fingerprint density at radius 2 is 2.20 bits per heavy atom. The third kappa shape index (κ3) is 2.65.